The van der Waals surface area contributed by atoms with E-state index in [1.807, 2.05) is 16.5 Å². The first kappa shape index (κ1) is 13.0. The predicted molar refractivity (Wildman–Crippen MR) is 82.7 cm³/mol. The molecule has 3 aromatic rings. The lowest BCUT2D eigenvalue weighted by Gasteiger charge is -2.33. The van der Waals surface area contributed by atoms with Gasteiger partial charge in [-0.1, -0.05) is 0 Å². The Morgan fingerprint density at radius 2 is 2.00 bits per heavy atom. The van der Waals surface area contributed by atoms with E-state index in [4.69, 9.17) is 10.2 Å². The lowest BCUT2D eigenvalue weighted by molar-refractivity contribution is 0.312. The molecule has 0 N–H and O–H groups in total. The normalized spacial score (nSPS) is 16.3. The molecule has 1 saturated heterocycles. The zero-order valence-corrected chi connectivity index (χ0v) is 12.3. The quantitative estimate of drug-likeness (QED) is 0.664. The number of nitrogens with zero attached hydrogens (tertiary/aromatic N) is 7. The molecule has 0 amide bonds. The van der Waals surface area contributed by atoms with Gasteiger partial charge in [0, 0.05) is 26.2 Å². The average Bonchev–Trinajstić information content (AvgIpc) is 3.04. The second-order valence-corrected chi connectivity index (χ2v) is 5.57. The van der Waals surface area contributed by atoms with Gasteiger partial charge in [0.25, 0.3) is 0 Å². The second kappa shape index (κ2) is 4.93. The van der Waals surface area contributed by atoms with Crippen molar-refractivity contribution in [3.05, 3.63) is 30.1 Å². The Kier molecular flexibility index (Phi) is 2.91. The summed E-state index contributed by atoms with van der Waals surface area (Å²) in [6.07, 6.45) is 1.68. The fourth-order valence-corrected chi connectivity index (χ4v) is 2.84. The van der Waals surface area contributed by atoms with Crippen molar-refractivity contribution in [3.63, 3.8) is 0 Å². The molecule has 22 heavy (non-hydrogen) atoms. The summed E-state index contributed by atoms with van der Waals surface area (Å²) in [7, 11) is 2.13. The van der Waals surface area contributed by atoms with Crippen LogP contribution in [0.5, 0.6) is 0 Å². The van der Waals surface area contributed by atoms with E-state index in [1.54, 1.807) is 12.4 Å². The Labute approximate surface area is 127 Å². The molecule has 0 atom stereocenters. The molecule has 0 spiro atoms. The van der Waals surface area contributed by atoms with Gasteiger partial charge in [-0.3, -0.25) is 4.40 Å². The molecule has 0 saturated carbocycles. The third kappa shape index (κ3) is 1.96. The Morgan fingerprint density at radius 1 is 1.18 bits per heavy atom. The number of hydrogen-bond donors (Lipinski definition) is 0. The zero-order chi connectivity index (χ0) is 15.1. The Bertz CT molecular complexity index is 884. The number of anilines is 1. The van der Waals surface area contributed by atoms with E-state index in [0.717, 1.165) is 48.7 Å². The minimum atomic E-state index is 0.608. The van der Waals surface area contributed by atoms with Crippen LogP contribution in [0.25, 0.3) is 16.7 Å². The SMILES string of the molecule is CN1CCN(c2nc3ccc(C#N)cc3n3cnnc23)CC1. The highest BCUT2D eigenvalue weighted by atomic mass is 15.3. The predicted octanol–water partition coefficient (Wildman–Crippen LogP) is 0.901. The van der Waals surface area contributed by atoms with E-state index in [0.29, 0.717) is 5.56 Å². The van der Waals surface area contributed by atoms with Gasteiger partial charge in [0.2, 0.25) is 5.65 Å². The van der Waals surface area contributed by atoms with Crippen LogP contribution >= 0.6 is 0 Å². The number of rotatable bonds is 1. The van der Waals surface area contributed by atoms with Gasteiger partial charge in [-0.15, -0.1) is 10.2 Å². The zero-order valence-electron chi connectivity index (χ0n) is 12.3. The standard InChI is InChI=1S/C15H15N7/c1-20-4-6-21(7-5-20)14-15-19-17-10-22(15)13-8-11(9-16)2-3-12(13)18-14/h2-3,8,10H,4-7H2,1H3. The Balaban J connectivity index is 1.91. The van der Waals surface area contributed by atoms with Crippen molar-refractivity contribution < 1.29 is 0 Å². The molecule has 1 aliphatic rings. The maximum atomic E-state index is 9.08. The molecule has 0 radical (unpaired) electrons. The summed E-state index contributed by atoms with van der Waals surface area (Å²) in [5, 5.41) is 17.3. The lowest BCUT2D eigenvalue weighted by atomic mass is 10.2. The summed E-state index contributed by atoms with van der Waals surface area (Å²) >= 11 is 0. The largest absolute Gasteiger partial charge is 0.351 e. The molecule has 7 heteroatoms. The first-order valence-corrected chi connectivity index (χ1v) is 7.23. The third-order valence-corrected chi connectivity index (χ3v) is 4.14. The van der Waals surface area contributed by atoms with Crippen LogP contribution in [0.3, 0.4) is 0 Å². The van der Waals surface area contributed by atoms with Crippen molar-refractivity contribution >= 4 is 22.5 Å². The van der Waals surface area contributed by atoms with Crippen molar-refractivity contribution in [1.29, 1.82) is 5.26 Å². The van der Waals surface area contributed by atoms with Gasteiger partial charge in [-0.25, -0.2) is 4.98 Å². The first-order valence-electron chi connectivity index (χ1n) is 7.23. The number of benzene rings is 1. The molecule has 0 unspecified atom stereocenters. The van der Waals surface area contributed by atoms with Gasteiger partial charge in [-0.05, 0) is 25.2 Å². The summed E-state index contributed by atoms with van der Waals surface area (Å²) in [6, 6.07) is 7.66. The van der Waals surface area contributed by atoms with E-state index in [-0.39, 0.29) is 0 Å². The summed E-state index contributed by atoms with van der Waals surface area (Å²) in [4.78, 5) is 9.33. The van der Waals surface area contributed by atoms with E-state index >= 15 is 0 Å². The molecule has 2 aromatic heterocycles. The van der Waals surface area contributed by atoms with Crippen LogP contribution in [0.1, 0.15) is 5.56 Å². The molecule has 4 rings (SSSR count). The van der Waals surface area contributed by atoms with E-state index < -0.39 is 0 Å². The highest BCUT2D eigenvalue weighted by molar-refractivity contribution is 5.84. The first-order chi connectivity index (χ1) is 10.8. The van der Waals surface area contributed by atoms with Gasteiger partial charge < -0.3 is 9.80 Å². The number of nitriles is 1. The summed E-state index contributed by atoms with van der Waals surface area (Å²) in [5.74, 6) is 0.864. The molecule has 1 fully saturated rings. The average molecular weight is 293 g/mol. The van der Waals surface area contributed by atoms with Gasteiger partial charge >= 0.3 is 0 Å². The molecular formula is C15H15N7. The maximum Gasteiger partial charge on any atom is 0.204 e. The fraction of sp³-hybridized carbons (Fsp3) is 0.333. The van der Waals surface area contributed by atoms with Gasteiger partial charge in [0.15, 0.2) is 5.82 Å². The number of aromatic nitrogens is 4. The van der Waals surface area contributed by atoms with E-state index in [2.05, 4.69) is 33.1 Å². The van der Waals surface area contributed by atoms with Crippen LogP contribution in [-0.2, 0) is 0 Å². The summed E-state index contributed by atoms with van der Waals surface area (Å²) in [5.41, 5.74) is 3.06. The lowest BCUT2D eigenvalue weighted by Crippen LogP contribution is -2.45. The van der Waals surface area contributed by atoms with Crippen LogP contribution in [0.2, 0.25) is 0 Å². The Hall–Kier alpha value is -2.72. The van der Waals surface area contributed by atoms with Crippen molar-refractivity contribution in [2.75, 3.05) is 38.1 Å². The monoisotopic (exact) mass is 293 g/mol. The highest BCUT2D eigenvalue weighted by Crippen LogP contribution is 2.24. The van der Waals surface area contributed by atoms with Gasteiger partial charge in [-0.2, -0.15) is 5.26 Å². The minimum absolute atomic E-state index is 0.608. The van der Waals surface area contributed by atoms with E-state index in [9.17, 15) is 0 Å². The van der Waals surface area contributed by atoms with E-state index in [1.165, 1.54) is 0 Å². The topological polar surface area (TPSA) is 73.3 Å². The minimum Gasteiger partial charge on any atom is -0.351 e. The van der Waals surface area contributed by atoms with Gasteiger partial charge in [0.1, 0.15) is 6.33 Å². The number of hydrogen-bond acceptors (Lipinski definition) is 6. The van der Waals surface area contributed by atoms with Gasteiger partial charge in [0.05, 0.1) is 22.7 Å². The van der Waals surface area contributed by atoms with Crippen LogP contribution in [0, 0.1) is 11.3 Å². The van der Waals surface area contributed by atoms with Crippen molar-refractivity contribution in [1.82, 2.24) is 24.5 Å². The fourth-order valence-electron chi connectivity index (χ4n) is 2.84. The molecule has 1 aliphatic heterocycles. The van der Waals surface area contributed by atoms with Crippen molar-refractivity contribution in [2.45, 2.75) is 0 Å². The number of piperazine rings is 1. The third-order valence-electron chi connectivity index (χ3n) is 4.14. The smallest absolute Gasteiger partial charge is 0.204 e. The Morgan fingerprint density at radius 3 is 2.77 bits per heavy atom. The van der Waals surface area contributed by atoms with Crippen LogP contribution in [0.15, 0.2) is 24.5 Å². The number of fused-ring (bicyclic) bond motifs is 3. The van der Waals surface area contributed by atoms with Crippen molar-refractivity contribution in [2.24, 2.45) is 0 Å². The molecule has 7 nitrogen and oxygen atoms in total. The van der Waals surface area contributed by atoms with Crippen LogP contribution in [0.4, 0.5) is 5.82 Å². The molecule has 110 valence electrons. The highest BCUT2D eigenvalue weighted by Gasteiger charge is 2.20. The van der Waals surface area contributed by atoms with Crippen LogP contribution in [-0.4, -0.2) is 57.7 Å². The van der Waals surface area contributed by atoms with Crippen LogP contribution < -0.4 is 4.90 Å². The summed E-state index contributed by atoms with van der Waals surface area (Å²) in [6.45, 7) is 3.86. The molecule has 1 aromatic carbocycles. The molecule has 0 aliphatic carbocycles. The molecular weight excluding hydrogens is 278 g/mol. The second-order valence-electron chi connectivity index (χ2n) is 5.57. The number of likely N-dealkylation sites (N-methyl/N-ethyl adjacent to an activating group) is 1. The molecule has 3 heterocycles. The van der Waals surface area contributed by atoms with Crippen molar-refractivity contribution in [3.8, 4) is 6.07 Å². The molecule has 0 bridgehead atoms. The summed E-state index contributed by atoms with van der Waals surface area (Å²) < 4.78 is 1.91. The maximum absolute atomic E-state index is 9.08.